The zero-order valence-corrected chi connectivity index (χ0v) is 17.4. The highest BCUT2D eigenvalue weighted by Gasteiger charge is 2.34. The van der Waals surface area contributed by atoms with Crippen molar-refractivity contribution in [3.05, 3.63) is 59.9 Å². The normalized spacial score (nSPS) is 22.0. The first-order valence-electron chi connectivity index (χ1n) is 9.95. The van der Waals surface area contributed by atoms with Gasteiger partial charge in [-0.3, -0.25) is 4.79 Å². The minimum absolute atomic E-state index is 0. The third-order valence-corrected chi connectivity index (χ3v) is 5.78. The molecule has 4 nitrogen and oxygen atoms in total. The Balaban J connectivity index is 0.00000240. The maximum atomic E-state index is 13.1. The van der Waals surface area contributed by atoms with Crippen LogP contribution in [0.1, 0.15) is 36.5 Å². The van der Waals surface area contributed by atoms with Gasteiger partial charge < -0.3 is 14.4 Å². The molecule has 1 fully saturated rings. The molecular weight excluding hydrogens is 393 g/mol. The number of carbonyl (C=O) groups excluding carboxylic acids is 1. The van der Waals surface area contributed by atoms with Crippen LogP contribution < -0.4 is 9.47 Å². The first-order valence-corrected chi connectivity index (χ1v) is 9.95. The standard InChI is InChI=1S/C23H26FNO3.ClH/c1-23(16-27-20-4-2-3-5-21(20)28-23)12-15-25-13-10-18(11-14-25)22(26)17-6-8-19(24)9-7-17;/h2-9,18H,10-16H2,1H3;1H. The van der Waals surface area contributed by atoms with Crippen LogP contribution in [0.25, 0.3) is 0 Å². The van der Waals surface area contributed by atoms with Crippen molar-refractivity contribution in [1.82, 2.24) is 4.90 Å². The van der Waals surface area contributed by atoms with Crippen LogP contribution in [-0.2, 0) is 0 Å². The second kappa shape index (κ2) is 9.14. The number of ketones is 1. The summed E-state index contributed by atoms with van der Waals surface area (Å²) in [6.45, 7) is 5.34. The lowest BCUT2D eigenvalue weighted by Crippen LogP contribution is -2.46. The van der Waals surface area contributed by atoms with Gasteiger partial charge in [-0.1, -0.05) is 12.1 Å². The number of Topliss-reactive ketones (excluding diaryl/α,β-unsaturated/α-hetero) is 1. The molecule has 0 saturated carbocycles. The summed E-state index contributed by atoms with van der Waals surface area (Å²) in [5, 5.41) is 0. The maximum absolute atomic E-state index is 13.1. The number of halogens is 2. The monoisotopic (exact) mass is 419 g/mol. The zero-order valence-electron chi connectivity index (χ0n) is 16.6. The Morgan fingerprint density at radius 2 is 1.76 bits per heavy atom. The van der Waals surface area contributed by atoms with Crippen molar-refractivity contribution in [2.24, 2.45) is 5.92 Å². The Labute approximate surface area is 177 Å². The Hall–Kier alpha value is -2.11. The van der Waals surface area contributed by atoms with E-state index < -0.39 is 0 Å². The van der Waals surface area contributed by atoms with E-state index in [9.17, 15) is 9.18 Å². The number of hydrogen-bond donors (Lipinski definition) is 0. The van der Waals surface area contributed by atoms with E-state index >= 15 is 0 Å². The third kappa shape index (κ3) is 5.09. The van der Waals surface area contributed by atoms with E-state index in [0.29, 0.717) is 12.2 Å². The molecule has 0 spiro atoms. The van der Waals surface area contributed by atoms with Gasteiger partial charge in [0.15, 0.2) is 17.3 Å². The molecule has 1 atom stereocenters. The van der Waals surface area contributed by atoms with Crippen LogP contribution in [0.3, 0.4) is 0 Å². The number of hydrogen-bond acceptors (Lipinski definition) is 4. The minimum Gasteiger partial charge on any atom is -0.486 e. The lowest BCUT2D eigenvalue weighted by atomic mass is 9.88. The second-order valence-corrected chi connectivity index (χ2v) is 8.02. The molecule has 29 heavy (non-hydrogen) atoms. The minimum atomic E-state index is -0.338. The smallest absolute Gasteiger partial charge is 0.166 e. The molecule has 0 amide bonds. The number of nitrogens with zero attached hydrogens (tertiary/aromatic N) is 1. The summed E-state index contributed by atoms with van der Waals surface area (Å²) < 4.78 is 25.1. The fourth-order valence-corrected chi connectivity index (χ4v) is 3.97. The molecule has 0 bridgehead atoms. The fourth-order valence-electron chi connectivity index (χ4n) is 3.97. The van der Waals surface area contributed by atoms with E-state index in [4.69, 9.17) is 9.47 Å². The summed E-state index contributed by atoms with van der Waals surface area (Å²) in [5.41, 5.74) is 0.272. The van der Waals surface area contributed by atoms with Gasteiger partial charge in [-0.15, -0.1) is 12.4 Å². The number of likely N-dealkylation sites (tertiary alicyclic amines) is 1. The average molecular weight is 420 g/mol. The molecule has 0 N–H and O–H groups in total. The molecule has 0 aliphatic carbocycles. The highest BCUT2D eigenvalue weighted by Crippen LogP contribution is 2.36. The van der Waals surface area contributed by atoms with E-state index in [0.717, 1.165) is 50.4 Å². The molecule has 2 aliphatic rings. The molecule has 2 aromatic rings. The molecule has 2 aliphatic heterocycles. The summed E-state index contributed by atoms with van der Waals surface area (Å²) >= 11 is 0. The van der Waals surface area contributed by atoms with Gasteiger partial charge in [-0.25, -0.2) is 4.39 Å². The van der Waals surface area contributed by atoms with Crippen LogP contribution in [0, 0.1) is 11.7 Å². The van der Waals surface area contributed by atoms with E-state index in [1.54, 1.807) is 12.1 Å². The van der Waals surface area contributed by atoms with E-state index in [2.05, 4.69) is 11.8 Å². The molecule has 1 saturated heterocycles. The zero-order chi connectivity index (χ0) is 19.6. The lowest BCUT2D eigenvalue weighted by Gasteiger charge is -2.38. The molecular formula is C23H27ClFNO3. The maximum Gasteiger partial charge on any atom is 0.166 e. The number of carbonyl (C=O) groups is 1. The van der Waals surface area contributed by atoms with Crippen molar-refractivity contribution in [1.29, 1.82) is 0 Å². The number of piperidine rings is 1. The highest BCUT2D eigenvalue weighted by atomic mass is 35.5. The van der Waals surface area contributed by atoms with Crippen molar-refractivity contribution in [3.8, 4) is 11.5 Å². The van der Waals surface area contributed by atoms with Crippen molar-refractivity contribution in [2.45, 2.75) is 31.8 Å². The molecule has 2 heterocycles. The highest BCUT2D eigenvalue weighted by molar-refractivity contribution is 5.97. The molecule has 2 aromatic carbocycles. The summed E-state index contributed by atoms with van der Waals surface area (Å²) in [7, 11) is 0. The predicted octanol–water partition coefficient (Wildman–Crippen LogP) is 4.76. The molecule has 156 valence electrons. The first kappa shape index (κ1) is 21.6. The van der Waals surface area contributed by atoms with Crippen molar-refractivity contribution in [2.75, 3.05) is 26.2 Å². The Morgan fingerprint density at radius 1 is 1.10 bits per heavy atom. The Morgan fingerprint density at radius 3 is 2.45 bits per heavy atom. The lowest BCUT2D eigenvalue weighted by molar-refractivity contribution is -0.00877. The number of benzene rings is 2. The van der Waals surface area contributed by atoms with Crippen molar-refractivity contribution < 1.29 is 18.7 Å². The summed E-state index contributed by atoms with van der Waals surface area (Å²) in [6.07, 6.45) is 2.55. The van der Waals surface area contributed by atoms with Crippen LogP contribution in [0.5, 0.6) is 11.5 Å². The average Bonchev–Trinajstić information content (AvgIpc) is 2.73. The molecule has 4 rings (SSSR count). The molecule has 0 aromatic heterocycles. The van der Waals surface area contributed by atoms with E-state index in [1.807, 2.05) is 24.3 Å². The largest absolute Gasteiger partial charge is 0.486 e. The van der Waals surface area contributed by atoms with Gasteiger partial charge >= 0.3 is 0 Å². The van der Waals surface area contributed by atoms with Gasteiger partial charge in [-0.05, 0) is 69.3 Å². The number of ether oxygens (including phenoxy) is 2. The Kier molecular flexibility index (Phi) is 6.81. The summed E-state index contributed by atoms with van der Waals surface area (Å²) in [5.74, 6) is 1.46. The predicted molar refractivity (Wildman–Crippen MR) is 113 cm³/mol. The van der Waals surface area contributed by atoms with Crippen LogP contribution in [0.15, 0.2) is 48.5 Å². The van der Waals surface area contributed by atoms with Gasteiger partial charge in [0.05, 0.1) is 0 Å². The molecule has 0 radical (unpaired) electrons. The third-order valence-electron chi connectivity index (χ3n) is 5.78. The fraction of sp³-hybridized carbons (Fsp3) is 0.435. The van der Waals surface area contributed by atoms with Crippen LogP contribution in [-0.4, -0.2) is 42.5 Å². The second-order valence-electron chi connectivity index (χ2n) is 8.02. The number of fused-ring (bicyclic) bond motifs is 1. The van der Waals surface area contributed by atoms with Gasteiger partial charge in [0.25, 0.3) is 0 Å². The van der Waals surface area contributed by atoms with Crippen LogP contribution in [0.4, 0.5) is 4.39 Å². The van der Waals surface area contributed by atoms with Gasteiger partial charge in [0.1, 0.15) is 18.0 Å². The van der Waals surface area contributed by atoms with Gasteiger partial charge in [-0.2, -0.15) is 0 Å². The summed E-state index contributed by atoms with van der Waals surface area (Å²) in [6, 6.07) is 13.7. The summed E-state index contributed by atoms with van der Waals surface area (Å²) in [4.78, 5) is 15.0. The van der Waals surface area contributed by atoms with E-state index in [-0.39, 0.29) is 35.5 Å². The van der Waals surface area contributed by atoms with Crippen molar-refractivity contribution in [3.63, 3.8) is 0 Å². The van der Waals surface area contributed by atoms with Crippen LogP contribution >= 0.6 is 12.4 Å². The SMILES string of the molecule is CC1(CCN2CCC(C(=O)c3ccc(F)cc3)CC2)COc2ccccc2O1.Cl. The molecule has 1 unspecified atom stereocenters. The number of rotatable bonds is 5. The Bertz CT molecular complexity index is 836. The van der Waals surface area contributed by atoms with E-state index in [1.165, 1.54) is 12.1 Å². The topological polar surface area (TPSA) is 38.8 Å². The molecule has 6 heteroatoms. The first-order chi connectivity index (χ1) is 13.5. The quantitative estimate of drug-likeness (QED) is 0.655. The van der Waals surface area contributed by atoms with Crippen LogP contribution in [0.2, 0.25) is 0 Å². The van der Waals surface area contributed by atoms with Gasteiger partial charge in [0, 0.05) is 24.4 Å². The number of para-hydroxylation sites is 2. The van der Waals surface area contributed by atoms with Crippen molar-refractivity contribution >= 4 is 18.2 Å². The van der Waals surface area contributed by atoms with Gasteiger partial charge in [0.2, 0.25) is 0 Å².